The monoisotopic (exact) mass is 809 g/mol. The van der Waals surface area contributed by atoms with Crippen molar-refractivity contribution in [3.63, 3.8) is 0 Å². The van der Waals surface area contributed by atoms with Crippen molar-refractivity contribution in [1.82, 2.24) is 19.9 Å². The summed E-state index contributed by atoms with van der Waals surface area (Å²) in [6.45, 7) is 0. The zero-order chi connectivity index (χ0) is 42.2. The quantitative estimate of drug-likeness (QED) is 0.145. The predicted molar refractivity (Wildman–Crippen MR) is 254 cm³/mol. The summed E-state index contributed by atoms with van der Waals surface area (Å²) >= 11 is 0. The lowest BCUT2D eigenvalue weighted by Crippen LogP contribution is -2.19. The van der Waals surface area contributed by atoms with Crippen molar-refractivity contribution in [1.29, 1.82) is 5.26 Å². The van der Waals surface area contributed by atoms with Gasteiger partial charge in [0.25, 0.3) is 0 Å². The molecule has 7 aromatic carbocycles. The van der Waals surface area contributed by atoms with Gasteiger partial charge in [-0.15, -0.1) is 0 Å². The van der Waals surface area contributed by atoms with E-state index < -0.39 is 0 Å². The van der Waals surface area contributed by atoms with Crippen LogP contribution in [0.15, 0.2) is 194 Å². The highest BCUT2D eigenvalue weighted by molar-refractivity contribution is 5.78. The molecule has 0 radical (unpaired) electrons. The number of benzene rings is 7. The number of nitrogens with zero attached hydrogens (tertiary/aromatic N) is 5. The molecule has 2 aromatic heterocycles. The Morgan fingerprint density at radius 1 is 0.381 bits per heavy atom. The first-order chi connectivity index (χ1) is 31.1. The van der Waals surface area contributed by atoms with Crippen LogP contribution < -0.4 is 0 Å². The highest BCUT2D eigenvalue weighted by Crippen LogP contribution is 2.55. The summed E-state index contributed by atoms with van der Waals surface area (Å²) in [6, 6.07) is 69.4. The van der Waals surface area contributed by atoms with Gasteiger partial charge in [0.15, 0.2) is 11.6 Å². The lowest BCUT2D eigenvalue weighted by atomic mass is 9.77. The second-order valence-electron chi connectivity index (χ2n) is 17.1. The Bertz CT molecular complexity index is 3130. The molecule has 9 aromatic rings. The van der Waals surface area contributed by atoms with E-state index in [1.54, 1.807) is 0 Å². The van der Waals surface area contributed by atoms with Crippen molar-refractivity contribution >= 4 is 0 Å². The van der Waals surface area contributed by atoms with Gasteiger partial charge in [0, 0.05) is 33.4 Å². The van der Waals surface area contributed by atoms with Crippen molar-refractivity contribution in [2.45, 2.75) is 37.5 Å². The Balaban J connectivity index is 0.893. The maximum absolute atomic E-state index is 9.41. The fraction of sp³-hybridized carbons (Fsp3) is 0.121. The van der Waals surface area contributed by atoms with Gasteiger partial charge >= 0.3 is 0 Å². The molecule has 0 aliphatic heterocycles. The van der Waals surface area contributed by atoms with Gasteiger partial charge in [-0.3, -0.25) is 0 Å². The van der Waals surface area contributed by atoms with Gasteiger partial charge in [-0.25, -0.2) is 19.9 Å². The summed E-state index contributed by atoms with van der Waals surface area (Å²) in [4.78, 5) is 20.4. The summed E-state index contributed by atoms with van der Waals surface area (Å²) < 4.78 is 0. The maximum Gasteiger partial charge on any atom is 0.160 e. The van der Waals surface area contributed by atoms with Gasteiger partial charge < -0.3 is 0 Å². The minimum Gasteiger partial charge on any atom is -0.228 e. The molecule has 5 heteroatoms. The smallest absolute Gasteiger partial charge is 0.160 e. The van der Waals surface area contributed by atoms with E-state index in [2.05, 4.69) is 127 Å². The van der Waals surface area contributed by atoms with Gasteiger partial charge in [-0.05, 0) is 102 Å². The Kier molecular flexibility index (Phi) is 9.82. The second kappa shape index (κ2) is 16.2. The zero-order valence-corrected chi connectivity index (χ0v) is 34.8. The predicted octanol–water partition coefficient (Wildman–Crippen LogP) is 14.3. The number of aromatic nitrogens is 4. The lowest BCUT2D eigenvalue weighted by Gasteiger charge is -2.27. The summed E-state index contributed by atoms with van der Waals surface area (Å²) in [5.41, 5.74) is 16.4. The highest BCUT2D eigenvalue weighted by Gasteiger charge is 2.45. The van der Waals surface area contributed by atoms with Crippen molar-refractivity contribution < 1.29 is 0 Å². The molecule has 300 valence electrons. The van der Waals surface area contributed by atoms with Crippen LogP contribution in [0, 0.1) is 17.2 Å². The third-order valence-corrected chi connectivity index (χ3v) is 13.2. The number of hydrogen-bond donors (Lipinski definition) is 0. The van der Waals surface area contributed by atoms with E-state index in [-0.39, 0.29) is 0 Å². The Hall–Kier alpha value is -7.81. The van der Waals surface area contributed by atoms with Crippen LogP contribution in [0.5, 0.6) is 0 Å². The van der Waals surface area contributed by atoms with Crippen molar-refractivity contribution in [2.75, 3.05) is 0 Å². The Morgan fingerprint density at radius 2 is 0.794 bits per heavy atom. The summed E-state index contributed by atoms with van der Waals surface area (Å²) in [5, 5.41) is 9.41. The van der Waals surface area contributed by atoms with Crippen LogP contribution in [0.3, 0.4) is 0 Å². The molecule has 2 fully saturated rings. The highest BCUT2D eigenvalue weighted by atomic mass is 14.9. The molecule has 0 N–H and O–H groups in total. The van der Waals surface area contributed by atoms with E-state index in [1.165, 1.54) is 37.7 Å². The van der Waals surface area contributed by atoms with Crippen LogP contribution in [0.2, 0.25) is 0 Å². The standard InChI is InChI=1S/C58H43N5/c59-38-40-9-7-14-49(33-40)43-21-27-46(28-22-43)53-35-52(60-56(61-53)47-10-3-1-4-11-47)44-23-17-41(18-24-44)42-19-25-45(26-20-42)54-36-55(63-57(62-54)48-12-5-2-6-13-48)50-15-8-16-51(34-50)58-31-29-39(37-58)30-32-58/h1-28,33-36,39H,29-32,37H2. The van der Waals surface area contributed by atoms with Crippen molar-refractivity contribution in [2.24, 2.45) is 5.92 Å². The molecule has 2 aliphatic rings. The number of hydrogen-bond acceptors (Lipinski definition) is 5. The maximum atomic E-state index is 9.41. The molecule has 2 aliphatic carbocycles. The van der Waals surface area contributed by atoms with Crippen LogP contribution in [0.25, 0.3) is 90.1 Å². The number of fused-ring (bicyclic) bond motifs is 2. The average Bonchev–Trinajstić information content (AvgIpc) is 4.00. The van der Waals surface area contributed by atoms with E-state index in [1.807, 2.05) is 72.8 Å². The van der Waals surface area contributed by atoms with E-state index >= 15 is 0 Å². The van der Waals surface area contributed by atoms with Crippen molar-refractivity contribution in [3.05, 3.63) is 205 Å². The van der Waals surface area contributed by atoms with Gasteiger partial charge in [0.1, 0.15) is 0 Å². The Morgan fingerprint density at radius 3 is 1.25 bits per heavy atom. The summed E-state index contributed by atoms with van der Waals surface area (Å²) in [7, 11) is 0. The van der Waals surface area contributed by atoms with E-state index in [0.29, 0.717) is 16.8 Å². The topological polar surface area (TPSA) is 75.3 Å². The van der Waals surface area contributed by atoms with E-state index in [9.17, 15) is 5.26 Å². The van der Waals surface area contributed by atoms with Crippen LogP contribution in [-0.2, 0) is 5.41 Å². The first kappa shape index (κ1) is 38.1. The molecule has 0 spiro atoms. The molecule has 11 rings (SSSR count). The Labute approximate surface area is 368 Å². The van der Waals surface area contributed by atoms with Crippen molar-refractivity contribution in [3.8, 4) is 96.1 Å². The minimum atomic E-state index is 0.331. The van der Waals surface area contributed by atoms with Crippen LogP contribution in [-0.4, -0.2) is 19.9 Å². The molecule has 2 bridgehead atoms. The summed E-state index contributed by atoms with van der Waals surface area (Å²) in [5.74, 6) is 2.29. The third-order valence-electron chi connectivity index (χ3n) is 13.2. The molecule has 5 nitrogen and oxygen atoms in total. The fourth-order valence-electron chi connectivity index (χ4n) is 9.79. The molecule has 2 saturated carbocycles. The zero-order valence-electron chi connectivity index (χ0n) is 34.8. The normalized spacial score (nSPS) is 16.5. The molecule has 0 unspecified atom stereocenters. The first-order valence-electron chi connectivity index (χ1n) is 21.9. The number of nitriles is 1. The van der Waals surface area contributed by atoms with E-state index in [0.717, 1.165) is 90.2 Å². The van der Waals surface area contributed by atoms with Crippen LogP contribution >= 0.6 is 0 Å². The lowest BCUT2D eigenvalue weighted by molar-refractivity contribution is 0.419. The average molecular weight is 810 g/mol. The largest absolute Gasteiger partial charge is 0.228 e. The van der Waals surface area contributed by atoms with Gasteiger partial charge in [-0.1, -0.05) is 164 Å². The molecule has 0 amide bonds. The molecule has 0 atom stereocenters. The first-order valence-corrected chi connectivity index (χ1v) is 21.9. The molecular formula is C58H43N5. The van der Waals surface area contributed by atoms with Gasteiger partial charge in [0.2, 0.25) is 0 Å². The van der Waals surface area contributed by atoms with Crippen LogP contribution in [0.1, 0.15) is 43.2 Å². The fourth-order valence-corrected chi connectivity index (χ4v) is 9.79. The molecule has 0 saturated heterocycles. The molecular weight excluding hydrogens is 767 g/mol. The van der Waals surface area contributed by atoms with E-state index in [4.69, 9.17) is 19.9 Å². The van der Waals surface area contributed by atoms with Gasteiger partial charge in [0.05, 0.1) is 34.4 Å². The molecule has 63 heavy (non-hydrogen) atoms. The third kappa shape index (κ3) is 7.62. The molecule has 2 heterocycles. The second-order valence-corrected chi connectivity index (χ2v) is 17.1. The van der Waals surface area contributed by atoms with Gasteiger partial charge in [-0.2, -0.15) is 5.26 Å². The summed E-state index contributed by atoms with van der Waals surface area (Å²) in [6.07, 6.45) is 6.64. The minimum absolute atomic E-state index is 0.331. The van der Waals surface area contributed by atoms with Crippen LogP contribution in [0.4, 0.5) is 0 Å². The number of rotatable bonds is 9. The SMILES string of the molecule is N#Cc1cccc(-c2ccc(-c3cc(-c4ccc(-c5ccc(-c6cc(-c7cccc(C89CCC(CC8)C9)c7)nc(-c7ccccc7)n6)cc5)cc4)nc(-c4ccccc4)n3)cc2)c1.